The van der Waals surface area contributed by atoms with Crippen molar-refractivity contribution in [3.63, 3.8) is 0 Å². The summed E-state index contributed by atoms with van der Waals surface area (Å²) in [4.78, 5) is 33.4. The largest absolute Gasteiger partial charge is 0.439 e. The summed E-state index contributed by atoms with van der Waals surface area (Å²) in [5.74, 6) is -0.151. The number of nitrogens with two attached hydrogens (primary N) is 1. The van der Waals surface area contributed by atoms with Crippen LogP contribution in [0.1, 0.15) is 52.4 Å². The first-order valence-corrected chi connectivity index (χ1v) is 11.2. The third-order valence-electron chi connectivity index (χ3n) is 6.17. The Hall–Kier alpha value is -4.27. The third-order valence-corrected chi connectivity index (χ3v) is 6.17. The number of hydrogen-bond donors (Lipinski definition) is 1. The molecule has 0 unspecified atom stereocenters. The van der Waals surface area contributed by atoms with E-state index in [4.69, 9.17) is 10.2 Å². The molecule has 0 saturated carbocycles. The van der Waals surface area contributed by atoms with E-state index in [0.717, 1.165) is 18.4 Å². The SMILES string of the molecule is C[C@@H]1CC[C@@H](c2nc(C(N)=O)c(-c3ccccc3)o2)CN1C(=O)c1ccccc1-n1nccn1. The molecule has 2 aromatic carbocycles. The lowest BCUT2D eigenvalue weighted by Gasteiger charge is -2.37. The Morgan fingerprint density at radius 2 is 1.71 bits per heavy atom. The second kappa shape index (κ2) is 8.93. The van der Waals surface area contributed by atoms with Crippen LogP contribution in [0.4, 0.5) is 0 Å². The Morgan fingerprint density at radius 1 is 1.00 bits per heavy atom. The van der Waals surface area contributed by atoms with Gasteiger partial charge in [-0.05, 0) is 31.9 Å². The van der Waals surface area contributed by atoms with Gasteiger partial charge in [-0.25, -0.2) is 4.98 Å². The Kier molecular flexibility index (Phi) is 5.67. The fourth-order valence-corrected chi connectivity index (χ4v) is 4.38. The van der Waals surface area contributed by atoms with E-state index in [1.54, 1.807) is 18.5 Å². The highest BCUT2D eigenvalue weighted by Gasteiger charge is 2.35. The van der Waals surface area contributed by atoms with Gasteiger partial charge in [0.15, 0.2) is 11.5 Å². The van der Waals surface area contributed by atoms with Crippen molar-refractivity contribution >= 4 is 11.8 Å². The van der Waals surface area contributed by atoms with Gasteiger partial charge >= 0.3 is 0 Å². The summed E-state index contributed by atoms with van der Waals surface area (Å²) < 4.78 is 6.08. The molecule has 1 aliphatic rings. The van der Waals surface area contributed by atoms with Crippen LogP contribution in [0.3, 0.4) is 0 Å². The first kappa shape index (κ1) is 21.6. The number of piperidine rings is 1. The zero-order valence-electron chi connectivity index (χ0n) is 18.7. The van der Waals surface area contributed by atoms with E-state index in [2.05, 4.69) is 15.2 Å². The van der Waals surface area contributed by atoms with Crippen molar-refractivity contribution in [1.29, 1.82) is 0 Å². The maximum atomic E-state index is 13.6. The zero-order chi connectivity index (χ0) is 23.7. The molecule has 2 amide bonds. The molecular weight excluding hydrogens is 432 g/mol. The molecule has 0 spiro atoms. The van der Waals surface area contributed by atoms with Crippen LogP contribution in [0.5, 0.6) is 0 Å². The lowest BCUT2D eigenvalue weighted by molar-refractivity contribution is 0.0596. The minimum Gasteiger partial charge on any atom is -0.439 e. The predicted molar refractivity (Wildman–Crippen MR) is 124 cm³/mol. The highest BCUT2D eigenvalue weighted by atomic mass is 16.4. The summed E-state index contributed by atoms with van der Waals surface area (Å²) >= 11 is 0. The van der Waals surface area contributed by atoms with Crippen molar-refractivity contribution in [1.82, 2.24) is 24.9 Å². The van der Waals surface area contributed by atoms with Gasteiger partial charge in [-0.3, -0.25) is 9.59 Å². The van der Waals surface area contributed by atoms with Crippen molar-refractivity contribution in [2.75, 3.05) is 6.54 Å². The van der Waals surface area contributed by atoms with Gasteiger partial charge in [0, 0.05) is 18.2 Å². The molecule has 172 valence electrons. The van der Waals surface area contributed by atoms with Crippen LogP contribution in [0.2, 0.25) is 0 Å². The number of rotatable bonds is 5. The van der Waals surface area contributed by atoms with Crippen LogP contribution < -0.4 is 5.73 Å². The van der Waals surface area contributed by atoms with E-state index in [-0.39, 0.29) is 23.6 Å². The van der Waals surface area contributed by atoms with E-state index in [1.807, 2.05) is 60.4 Å². The van der Waals surface area contributed by atoms with Crippen LogP contribution in [-0.2, 0) is 0 Å². The number of hydrogen-bond acceptors (Lipinski definition) is 6. The quantitative estimate of drug-likeness (QED) is 0.491. The van der Waals surface area contributed by atoms with Crippen molar-refractivity contribution in [3.8, 4) is 17.0 Å². The monoisotopic (exact) mass is 456 g/mol. The van der Waals surface area contributed by atoms with Crippen LogP contribution in [0.25, 0.3) is 17.0 Å². The van der Waals surface area contributed by atoms with Gasteiger partial charge in [0.25, 0.3) is 11.8 Å². The number of nitrogens with zero attached hydrogens (tertiary/aromatic N) is 5. The Bertz CT molecular complexity index is 1320. The summed E-state index contributed by atoms with van der Waals surface area (Å²) in [5.41, 5.74) is 7.56. The van der Waals surface area contributed by atoms with Crippen molar-refractivity contribution in [2.45, 2.75) is 31.7 Å². The minimum atomic E-state index is -0.647. The highest BCUT2D eigenvalue weighted by Crippen LogP contribution is 2.34. The van der Waals surface area contributed by atoms with Gasteiger partial charge in [0.05, 0.1) is 29.6 Å². The molecule has 0 radical (unpaired) electrons. The average Bonchev–Trinajstić information content (AvgIpc) is 3.55. The second-order valence-electron chi connectivity index (χ2n) is 8.38. The third kappa shape index (κ3) is 3.96. The lowest BCUT2D eigenvalue weighted by Crippen LogP contribution is -2.45. The molecule has 1 fully saturated rings. The topological polar surface area (TPSA) is 120 Å². The predicted octanol–water partition coefficient (Wildman–Crippen LogP) is 3.43. The molecule has 9 nitrogen and oxygen atoms in total. The average molecular weight is 457 g/mol. The molecule has 9 heteroatoms. The number of oxazole rings is 1. The van der Waals surface area contributed by atoms with Crippen molar-refractivity contribution < 1.29 is 14.0 Å². The van der Waals surface area contributed by atoms with Crippen LogP contribution in [-0.4, -0.2) is 49.3 Å². The molecular formula is C25H24N6O3. The Morgan fingerprint density at radius 3 is 2.44 bits per heavy atom. The van der Waals surface area contributed by atoms with E-state index in [9.17, 15) is 9.59 Å². The molecule has 2 aromatic heterocycles. The fraction of sp³-hybridized carbons (Fsp3) is 0.240. The molecule has 34 heavy (non-hydrogen) atoms. The molecule has 2 N–H and O–H groups in total. The molecule has 4 aromatic rings. The van der Waals surface area contributed by atoms with Gasteiger partial charge in [0.2, 0.25) is 5.89 Å². The van der Waals surface area contributed by atoms with Crippen molar-refractivity contribution in [2.24, 2.45) is 5.73 Å². The van der Waals surface area contributed by atoms with Gasteiger partial charge < -0.3 is 15.1 Å². The normalized spacial score (nSPS) is 18.1. The minimum absolute atomic E-state index is 0.0292. The second-order valence-corrected chi connectivity index (χ2v) is 8.38. The Balaban J connectivity index is 1.46. The first-order valence-electron chi connectivity index (χ1n) is 11.2. The molecule has 2 atom stereocenters. The first-order chi connectivity index (χ1) is 16.5. The number of aromatic nitrogens is 4. The van der Waals surface area contributed by atoms with Gasteiger partial charge in [-0.2, -0.15) is 15.0 Å². The number of benzene rings is 2. The molecule has 0 bridgehead atoms. The van der Waals surface area contributed by atoms with E-state index >= 15 is 0 Å². The maximum Gasteiger partial charge on any atom is 0.271 e. The van der Waals surface area contributed by atoms with E-state index < -0.39 is 5.91 Å². The summed E-state index contributed by atoms with van der Waals surface area (Å²) in [6.07, 6.45) is 4.70. The number of primary amides is 1. The fourth-order valence-electron chi connectivity index (χ4n) is 4.38. The molecule has 1 saturated heterocycles. The van der Waals surface area contributed by atoms with E-state index in [1.165, 1.54) is 4.80 Å². The van der Waals surface area contributed by atoms with Crippen LogP contribution >= 0.6 is 0 Å². The summed E-state index contributed by atoms with van der Waals surface area (Å²) in [7, 11) is 0. The van der Waals surface area contributed by atoms with Gasteiger partial charge in [-0.1, -0.05) is 42.5 Å². The molecule has 1 aliphatic heterocycles. The summed E-state index contributed by atoms with van der Waals surface area (Å²) in [5, 5.41) is 8.36. The van der Waals surface area contributed by atoms with Gasteiger partial charge in [0.1, 0.15) is 0 Å². The van der Waals surface area contributed by atoms with Crippen LogP contribution in [0.15, 0.2) is 71.4 Å². The number of para-hydroxylation sites is 1. The number of carbonyl (C=O) groups is 2. The number of likely N-dealkylation sites (tertiary alicyclic amines) is 1. The standard InChI is InChI=1S/C25H24N6O3/c1-16-11-12-18(24-29-21(23(26)32)22(34-24)17-7-3-2-4-8-17)15-30(16)25(33)19-9-5-6-10-20(19)31-27-13-14-28-31/h2-10,13-14,16,18H,11-12,15H2,1H3,(H2,26,32)/t16-,18-/m1/s1. The summed E-state index contributed by atoms with van der Waals surface area (Å²) in [6.45, 7) is 2.44. The zero-order valence-corrected chi connectivity index (χ0v) is 18.7. The van der Waals surface area contributed by atoms with Crippen LogP contribution in [0, 0.1) is 0 Å². The smallest absolute Gasteiger partial charge is 0.271 e. The Labute approximate surface area is 196 Å². The lowest BCUT2D eigenvalue weighted by atomic mass is 9.92. The maximum absolute atomic E-state index is 13.6. The molecule has 5 rings (SSSR count). The number of amides is 2. The van der Waals surface area contributed by atoms with Gasteiger partial charge in [-0.15, -0.1) is 0 Å². The van der Waals surface area contributed by atoms with E-state index in [0.29, 0.717) is 29.4 Å². The summed E-state index contributed by atoms with van der Waals surface area (Å²) in [6, 6.07) is 16.6. The van der Waals surface area contributed by atoms with Crippen molar-refractivity contribution in [3.05, 3.63) is 84.1 Å². The highest BCUT2D eigenvalue weighted by molar-refractivity contribution is 5.98. The molecule has 0 aliphatic carbocycles. The molecule has 3 heterocycles. The number of carbonyl (C=O) groups excluding carboxylic acids is 2.